The Morgan fingerprint density at radius 1 is 0.349 bits per heavy atom. The molecule has 0 saturated carbocycles. The fourth-order valence-electron chi connectivity index (χ4n) is 9.36. The van der Waals surface area contributed by atoms with Gasteiger partial charge in [0.1, 0.15) is 0 Å². The molecular formula is C80H106Cl2N2O2. The van der Waals surface area contributed by atoms with E-state index in [1.807, 2.05) is 74.5 Å². The van der Waals surface area contributed by atoms with E-state index in [1.54, 1.807) is 12.1 Å². The summed E-state index contributed by atoms with van der Waals surface area (Å²) >= 11 is 11.5. The van der Waals surface area contributed by atoms with Crippen molar-refractivity contribution < 1.29 is 4.92 Å². The van der Waals surface area contributed by atoms with Gasteiger partial charge in [-0.05, 0) is 193 Å². The van der Waals surface area contributed by atoms with Gasteiger partial charge in [-0.1, -0.05) is 284 Å². The lowest BCUT2D eigenvalue weighted by Gasteiger charge is -2.14. The molecule has 8 aromatic carbocycles. The zero-order valence-corrected chi connectivity index (χ0v) is 58.3. The van der Waals surface area contributed by atoms with E-state index in [9.17, 15) is 10.1 Å². The van der Waals surface area contributed by atoms with Gasteiger partial charge in [0.05, 0.1) is 16.6 Å². The van der Waals surface area contributed by atoms with E-state index in [2.05, 4.69) is 249 Å². The highest BCUT2D eigenvalue weighted by Gasteiger charge is 2.09. The van der Waals surface area contributed by atoms with Gasteiger partial charge in [0.15, 0.2) is 0 Å². The Morgan fingerprint density at radius 3 is 1.10 bits per heavy atom. The summed E-state index contributed by atoms with van der Waals surface area (Å²) in [6.07, 6.45) is 0. The number of non-ortho nitro benzene ring substituents is 1. The molecule has 0 aliphatic carbocycles. The zero-order valence-electron chi connectivity index (χ0n) is 56.8. The van der Waals surface area contributed by atoms with Gasteiger partial charge >= 0.3 is 0 Å². The van der Waals surface area contributed by atoms with Crippen molar-refractivity contribution >= 4 is 28.9 Å². The Bertz CT molecular complexity index is 3160. The number of nitro benzene ring substituents is 1. The number of benzene rings is 8. The summed E-state index contributed by atoms with van der Waals surface area (Å²) in [5, 5.41) is 20.5. The quantitative estimate of drug-likeness (QED) is 0.107. The summed E-state index contributed by atoms with van der Waals surface area (Å²) < 4.78 is 0. The van der Waals surface area contributed by atoms with E-state index in [0.717, 1.165) is 21.2 Å². The van der Waals surface area contributed by atoms with Crippen LogP contribution in [0, 0.1) is 69.9 Å². The van der Waals surface area contributed by atoms with Crippen LogP contribution in [0.2, 0.25) is 10.0 Å². The number of rotatable bonds is 9. The fraction of sp³-hybridized carbons (Fsp3) is 0.388. The van der Waals surface area contributed by atoms with Crippen molar-refractivity contribution in [1.29, 1.82) is 5.26 Å². The molecule has 0 aromatic heterocycles. The van der Waals surface area contributed by atoms with Gasteiger partial charge in [0.25, 0.3) is 5.69 Å². The number of aryl methyl sites for hydroxylation is 7. The number of hydrogen-bond donors (Lipinski definition) is 0. The first kappa shape index (κ1) is 77.2. The number of hydrogen-bond acceptors (Lipinski definition) is 3. The maximum atomic E-state index is 10.4. The predicted molar refractivity (Wildman–Crippen MR) is 379 cm³/mol. The molecule has 8 aromatic rings. The van der Waals surface area contributed by atoms with E-state index in [0.29, 0.717) is 47.3 Å². The molecule has 0 aliphatic rings. The van der Waals surface area contributed by atoms with Crippen molar-refractivity contribution in [2.75, 3.05) is 0 Å². The Kier molecular flexibility index (Phi) is 36.4. The highest BCUT2D eigenvalue weighted by Crippen LogP contribution is 2.25. The summed E-state index contributed by atoms with van der Waals surface area (Å²) in [6, 6.07) is 61.0. The lowest BCUT2D eigenvalue weighted by Crippen LogP contribution is -1.96. The average molecular weight is 1200 g/mol. The standard InChI is InChI=1S/C12H18.C11H16.C10H11N.2C10H14.2C9H11Cl.C9H11NO2/c1-8(2)12-10(4)6-9(3)7-11(12)5;1-8(2)11-6-9(3)5-10(4)7-11;1-8(2)10-5-3-9(7-11)4-6-10;1-8(2)10-6-4-5-9(3)7-10;1-8(2)10-7-5-4-6-9(10)3;1-7(2)8-3-5-9(10)6-4-8;1-7(2)8-4-3-5-9(10)6-8;1-7(2)8-4-3-5-9(6-8)10(11)12/h6-8H,1-5H3;5-8H,1-4H3;3-6,8H,1-2H3;2*4-8H,1-3H3;2*3-7H,1-2H3;3-7H,1-2H3. The second-order valence-corrected chi connectivity index (χ2v) is 25.8. The summed E-state index contributed by atoms with van der Waals surface area (Å²) in [5.41, 5.74) is 21.4. The van der Waals surface area contributed by atoms with Gasteiger partial charge in [-0.25, -0.2) is 0 Å². The van der Waals surface area contributed by atoms with Crippen LogP contribution in [-0.2, 0) is 0 Å². The van der Waals surface area contributed by atoms with Gasteiger partial charge in [-0.3, -0.25) is 10.1 Å². The topological polar surface area (TPSA) is 66.9 Å². The third kappa shape index (κ3) is 31.0. The van der Waals surface area contributed by atoms with E-state index >= 15 is 0 Å². The van der Waals surface area contributed by atoms with Crippen molar-refractivity contribution in [1.82, 2.24) is 0 Å². The molecule has 0 N–H and O–H groups in total. The first-order chi connectivity index (χ1) is 40.3. The van der Waals surface area contributed by atoms with Crippen molar-refractivity contribution in [3.05, 3.63) is 285 Å². The second-order valence-electron chi connectivity index (χ2n) is 24.9. The summed E-state index contributed by atoms with van der Waals surface area (Å²) in [7, 11) is 0. The third-order valence-corrected chi connectivity index (χ3v) is 14.7. The second kappa shape index (κ2) is 40.6. The maximum Gasteiger partial charge on any atom is 0.269 e. The van der Waals surface area contributed by atoms with Gasteiger partial charge in [-0.15, -0.1) is 0 Å². The lowest BCUT2D eigenvalue weighted by atomic mass is 9.92. The van der Waals surface area contributed by atoms with Crippen LogP contribution in [0.3, 0.4) is 0 Å². The third-order valence-electron chi connectivity index (χ3n) is 14.3. The molecule has 8 rings (SSSR count). The predicted octanol–water partition coefficient (Wildman–Crippen LogP) is 25.7. The molecule has 4 nitrogen and oxygen atoms in total. The van der Waals surface area contributed by atoms with Crippen molar-refractivity contribution in [3.8, 4) is 6.07 Å². The molecule has 0 amide bonds. The first-order valence-corrected chi connectivity index (χ1v) is 31.6. The highest BCUT2D eigenvalue weighted by atomic mass is 35.5. The summed E-state index contributed by atoms with van der Waals surface area (Å²) in [6.45, 7) is 50.0. The highest BCUT2D eigenvalue weighted by molar-refractivity contribution is 6.30. The Hall–Kier alpha value is -6.77. The smallest absolute Gasteiger partial charge is 0.258 e. The summed E-state index contributed by atoms with van der Waals surface area (Å²) in [4.78, 5) is 10.0. The molecule has 0 heterocycles. The fourth-order valence-corrected chi connectivity index (χ4v) is 9.69. The molecule has 0 aliphatic heterocycles. The van der Waals surface area contributed by atoms with Crippen molar-refractivity contribution in [2.45, 2.75) is 207 Å². The molecule has 86 heavy (non-hydrogen) atoms. The SMILES string of the molecule is CC(C)c1ccc(C#N)cc1.CC(C)c1ccc(Cl)cc1.CC(C)c1cccc(Cl)c1.CC(C)c1cccc([N+](=O)[O-])c1.Cc1cc(C)c(C(C)C)c(C)c1.Cc1cc(C)cc(C(C)C)c1.Cc1cccc(C(C)C)c1.Cc1ccccc1C(C)C. The lowest BCUT2D eigenvalue weighted by molar-refractivity contribution is -0.384. The van der Waals surface area contributed by atoms with Crippen LogP contribution >= 0.6 is 23.2 Å². The van der Waals surface area contributed by atoms with Crippen LogP contribution in [-0.4, -0.2) is 4.92 Å². The number of nitrogens with zero attached hydrogens (tertiary/aromatic N) is 2. The van der Waals surface area contributed by atoms with Gasteiger partial charge < -0.3 is 0 Å². The molecule has 0 bridgehead atoms. The van der Waals surface area contributed by atoms with Crippen LogP contribution in [0.15, 0.2) is 176 Å². The molecule has 0 radical (unpaired) electrons. The Labute approximate surface area is 533 Å². The Morgan fingerprint density at radius 2 is 0.744 bits per heavy atom. The van der Waals surface area contributed by atoms with E-state index in [4.69, 9.17) is 28.5 Å². The Balaban J connectivity index is 0.000000492. The van der Waals surface area contributed by atoms with E-state index < -0.39 is 0 Å². The van der Waals surface area contributed by atoms with E-state index in [1.165, 1.54) is 84.0 Å². The van der Waals surface area contributed by atoms with Crippen molar-refractivity contribution in [2.24, 2.45) is 0 Å². The minimum absolute atomic E-state index is 0.168. The number of nitro groups is 1. The normalized spacial score (nSPS) is 10.4. The monoisotopic (exact) mass is 1200 g/mol. The first-order valence-electron chi connectivity index (χ1n) is 30.8. The van der Waals surface area contributed by atoms with Crippen LogP contribution in [0.25, 0.3) is 0 Å². The summed E-state index contributed by atoms with van der Waals surface area (Å²) in [5.74, 6) is 4.64. The maximum absolute atomic E-state index is 10.4. The van der Waals surface area contributed by atoms with E-state index in [-0.39, 0.29) is 10.6 Å². The minimum Gasteiger partial charge on any atom is -0.258 e. The zero-order chi connectivity index (χ0) is 65.4. The molecule has 0 fully saturated rings. The largest absolute Gasteiger partial charge is 0.269 e. The van der Waals surface area contributed by atoms with Crippen LogP contribution < -0.4 is 0 Å². The van der Waals surface area contributed by atoms with Crippen LogP contribution in [0.1, 0.15) is 247 Å². The van der Waals surface area contributed by atoms with Gasteiger partial charge in [0.2, 0.25) is 0 Å². The number of nitriles is 1. The molecule has 0 saturated heterocycles. The number of halogens is 2. The molecule has 6 heteroatoms. The molecule has 0 unspecified atom stereocenters. The van der Waals surface area contributed by atoms with Crippen LogP contribution in [0.4, 0.5) is 5.69 Å². The molecule has 0 atom stereocenters. The minimum atomic E-state index is -0.369. The molecule has 462 valence electrons. The van der Waals surface area contributed by atoms with Crippen molar-refractivity contribution in [3.63, 3.8) is 0 Å². The molecular weight excluding hydrogens is 1090 g/mol. The van der Waals surface area contributed by atoms with Gasteiger partial charge in [-0.2, -0.15) is 5.26 Å². The van der Waals surface area contributed by atoms with Gasteiger partial charge in [0, 0.05) is 22.2 Å². The average Bonchev–Trinajstić information content (AvgIpc) is 3.45. The molecule has 0 spiro atoms. The van der Waals surface area contributed by atoms with Crippen LogP contribution in [0.5, 0.6) is 0 Å².